The molecule has 6 aromatic carbocycles. The van der Waals surface area contributed by atoms with E-state index in [4.69, 9.17) is 57.8 Å². The molecule has 0 aliphatic heterocycles. The molecule has 0 spiro atoms. The van der Waals surface area contributed by atoms with E-state index in [1.54, 1.807) is 60.0 Å². The number of anilines is 1. The Morgan fingerprint density at radius 1 is 0.531 bits per heavy atom. The SMILES string of the molecule is C=CC(=O)OCCCCCCOc1ccc(OC(=O)C2CCC(COOc3ccc(OC(=O)C4CCC(Oc5ccc(OCCCCCCOC(=O)C=C)cc5)CC4)cc3/C=N/N(CCCCCCCCOC(=O)Cc3cccc4ccccc34)c3nc4ccccc4s3)CC2)cc1. The third-order valence-corrected chi connectivity index (χ3v) is 18.6. The lowest BCUT2D eigenvalue weighted by molar-refractivity contribution is -0.218. The van der Waals surface area contributed by atoms with Gasteiger partial charge in [-0.05, 0) is 217 Å². The Morgan fingerprint density at radius 2 is 1.06 bits per heavy atom. The number of aromatic nitrogens is 1. The Balaban J connectivity index is 0.758. The summed E-state index contributed by atoms with van der Waals surface area (Å²) in [5.41, 5.74) is 2.39. The molecule has 2 aliphatic carbocycles. The molecule has 0 amide bonds. The molecule has 2 fully saturated rings. The van der Waals surface area contributed by atoms with Crippen molar-refractivity contribution in [3.8, 4) is 34.5 Å². The van der Waals surface area contributed by atoms with E-state index in [2.05, 4.69) is 31.4 Å². The zero-order chi connectivity index (χ0) is 68.4. The van der Waals surface area contributed by atoms with E-state index >= 15 is 0 Å². The molecule has 0 bridgehead atoms. The number of fused-ring (bicyclic) bond motifs is 2. The van der Waals surface area contributed by atoms with Crippen molar-refractivity contribution in [3.05, 3.63) is 170 Å². The van der Waals surface area contributed by atoms with Crippen molar-refractivity contribution >= 4 is 73.5 Å². The van der Waals surface area contributed by atoms with Crippen LogP contribution < -0.4 is 33.6 Å². The van der Waals surface area contributed by atoms with Crippen LogP contribution in [0.15, 0.2) is 164 Å². The molecule has 0 saturated heterocycles. The van der Waals surface area contributed by atoms with Gasteiger partial charge in [-0.2, -0.15) is 9.99 Å². The predicted molar refractivity (Wildman–Crippen MR) is 380 cm³/mol. The molecule has 18 nitrogen and oxygen atoms in total. The molecular formula is C79H93N3O15S. The second-order valence-electron chi connectivity index (χ2n) is 24.9. The standard InChI is InChI=1S/C79H93N3O15S/c1-3-74(83)90-51-21-11-9-18-49-88-64-38-42-67(43-39-64)94-66-36-34-61(35-37-66)78(87)96-69-46-47-72(97-93-57-58-30-32-60(33-31-58)77(86)95-68-44-40-65(41-45-68)89-50-19-10-12-22-52-91-75(84)4-2)63(54-69)56-80-82(79-81-71-28-15-16-29-73(71)98-79)48-17-7-5-6-8-20-53-92-76(85)55-62-26-23-25-59-24-13-14-27-70(59)62/h3-4,13-16,23-29,38-47,54,56,58,60-61,66H,1-2,5-12,17-22,30-37,48-53,55,57H2/b80-56+. The maximum atomic E-state index is 13.9. The van der Waals surface area contributed by atoms with Crippen LogP contribution in [0, 0.1) is 17.8 Å². The van der Waals surface area contributed by atoms with Crippen LogP contribution in [0.5, 0.6) is 34.5 Å². The number of unbranched alkanes of at least 4 members (excludes halogenated alkanes) is 11. The summed E-state index contributed by atoms with van der Waals surface area (Å²) in [5.74, 6) is 1.42. The van der Waals surface area contributed by atoms with Gasteiger partial charge in [0.05, 0.1) is 80.4 Å². The third-order valence-electron chi connectivity index (χ3n) is 17.5. The molecule has 0 atom stereocenters. The topological polar surface area (TPSA) is 206 Å². The highest BCUT2D eigenvalue weighted by atomic mass is 32.1. The normalized spacial score (nSPS) is 16.0. The number of carbonyl (C=O) groups excluding carboxylic acids is 5. The average molecular weight is 1360 g/mol. The van der Waals surface area contributed by atoms with Crippen molar-refractivity contribution in [1.82, 2.24) is 4.98 Å². The summed E-state index contributed by atoms with van der Waals surface area (Å²) in [6.45, 7) is 10.0. The van der Waals surface area contributed by atoms with Crippen molar-refractivity contribution in [2.75, 3.05) is 51.2 Å². The number of rotatable bonds is 42. The van der Waals surface area contributed by atoms with Crippen LogP contribution in [0.3, 0.4) is 0 Å². The maximum Gasteiger partial charge on any atom is 0.330 e. The second kappa shape index (κ2) is 40.6. The summed E-state index contributed by atoms with van der Waals surface area (Å²) in [7, 11) is 0. The van der Waals surface area contributed by atoms with Crippen LogP contribution in [0.25, 0.3) is 21.0 Å². The van der Waals surface area contributed by atoms with Gasteiger partial charge in [0.2, 0.25) is 5.13 Å². The minimum atomic E-state index is -0.404. The summed E-state index contributed by atoms with van der Waals surface area (Å²) >= 11 is 1.56. The lowest BCUT2D eigenvalue weighted by Gasteiger charge is -2.28. The van der Waals surface area contributed by atoms with Crippen molar-refractivity contribution in [2.45, 2.75) is 154 Å². The fraction of sp³-hybridized carbons (Fsp3) is 0.430. The van der Waals surface area contributed by atoms with Gasteiger partial charge in [0.25, 0.3) is 0 Å². The van der Waals surface area contributed by atoms with Gasteiger partial charge in [0.15, 0.2) is 5.75 Å². The minimum Gasteiger partial charge on any atom is -0.494 e. The second-order valence-corrected chi connectivity index (χ2v) is 25.9. The summed E-state index contributed by atoms with van der Waals surface area (Å²) in [6.07, 6.45) is 22.4. The number of ether oxygens (including phenoxy) is 8. The van der Waals surface area contributed by atoms with Gasteiger partial charge >= 0.3 is 29.8 Å². The Kier molecular flexibility index (Phi) is 30.3. The minimum absolute atomic E-state index is 0.0456. The van der Waals surface area contributed by atoms with Crippen LogP contribution in [0.4, 0.5) is 5.13 Å². The number of nitrogens with zero attached hydrogens (tertiary/aromatic N) is 3. The quantitative estimate of drug-likeness (QED) is 0.00510. The first kappa shape index (κ1) is 73.2. The third kappa shape index (κ3) is 24.8. The largest absolute Gasteiger partial charge is 0.494 e. The van der Waals surface area contributed by atoms with Crippen LogP contribution >= 0.6 is 11.3 Å². The van der Waals surface area contributed by atoms with Gasteiger partial charge < -0.3 is 42.8 Å². The lowest BCUT2D eigenvalue weighted by atomic mass is 9.82. The van der Waals surface area contributed by atoms with E-state index in [0.29, 0.717) is 113 Å². The van der Waals surface area contributed by atoms with E-state index in [-0.39, 0.29) is 48.2 Å². The molecule has 0 N–H and O–H groups in total. The lowest BCUT2D eigenvalue weighted by Crippen LogP contribution is -2.30. The highest BCUT2D eigenvalue weighted by molar-refractivity contribution is 7.22. The van der Waals surface area contributed by atoms with Crippen LogP contribution in [0.1, 0.15) is 152 Å². The van der Waals surface area contributed by atoms with Gasteiger partial charge in [0, 0.05) is 24.3 Å². The van der Waals surface area contributed by atoms with E-state index in [9.17, 15) is 24.0 Å². The fourth-order valence-corrected chi connectivity index (χ4v) is 12.9. The zero-order valence-electron chi connectivity index (χ0n) is 56.2. The molecule has 7 aromatic rings. The van der Waals surface area contributed by atoms with Gasteiger partial charge in [-0.3, -0.25) is 14.4 Å². The molecule has 9 rings (SSSR count). The number of thiazole rings is 1. The molecule has 1 heterocycles. The molecule has 19 heteroatoms. The summed E-state index contributed by atoms with van der Waals surface area (Å²) in [4.78, 5) is 79.5. The van der Waals surface area contributed by atoms with Crippen LogP contribution in [-0.4, -0.2) is 93.3 Å². The Hall–Kier alpha value is -9.07. The first-order valence-electron chi connectivity index (χ1n) is 34.9. The molecule has 2 saturated carbocycles. The molecule has 0 radical (unpaired) electrons. The number of benzene rings is 6. The smallest absolute Gasteiger partial charge is 0.330 e. The molecular weight excluding hydrogens is 1260 g/mol. The first-order valence-corrected chi connectivity index (χ1v) is 35.7. The number of carbonyl (C=O) groups is 5. The fourth-order valence-electron chi connectivity index (χ4n) is 11.9. The molecule has 2 aliphatic rings. The predicted octanol–water partition coefficient (Wildman–Crippen LogP) is 17.0. The Labute approximate surface area is 579 Å². The van der Waals surface area contributed by atoms with E-state index < -0.39 is 11.9 Å². The Bertz CT molecular complexity index is 3630. The summed E-state index contributed by atoms with van der Waals surface area (Å²) in [6, 6.07) is 42.1. The number of para-hydroxylation sites is 1. The maximum absolute atomic E-state index is 13.9. The zero-order valence-corrected chi connectivity index (χ0v) is 57.1. The monoisotopic (exact) mass is 1360 g/mol. The van der Waals surface area contributed by atoms with E-state index in [0.717, 1.165) is 146 Å². The van der Waals surface area contributed by atoms with Gasteiger partial charge in [0.1, 0.15) is 28.7 Å². The van der Waals surface area contributed by atoms with E-state index in [1.165, 1.54) is 12.2 Å². The highest BCUT2D eigenvalue weighted by Crippen LogP contribution is 2.35. The Morgan fingerprint density at radius 3 is 1.70 bits per heavy atom. The van der Waals surface area contributed by atoms with Crippen LogP contribution in [-0.2, 0) is 49.5 Å². The van der Waals surface area contributed by atoms with Gasteiger partial charge in [-0.15, -0.1) is 0 Å². The summed E-state index contributed by atoms with van der Waals surface area (Å²) in [5, 5.41) is 9.90. The van der Waals surface area contributed by atoms with Gasteiger partial charge in [-0.25, -0.2) is 19.6 Å². The van der Waals surface area contributed by atoms with Crippen molar-refractivity contribution in [1.29, 1.82) is 0 Å². The molecule has 1 aromatic heterocycles. The molecule has 520 valence electrons. The molecule has 0 unspecified atom stereocenters. The number of esters is 5. The molecule has 98 heavy (non-hydrogen) atoms. The van der Waals surface area contributed by atoms with Crippen LogP contribution in [0.2, 0.25) is 0 Å². The van der Waals surface area contributed by atoms with Crippen molar-refractivity contribution in [2.24, 2.45) is 22.9 Å². The van der Waals surface area contributed by atoms with Crippen molar-refractivity contribution in [3.63, 3.8) is 0 Å². The summed E-state index contributed by atoms with van der Waals surface area (Å²) < 4.78 is 46.9. The van der Waals surface area contributed by atoms with Crippen molar-refractivity contribution < 1.29 is 71.6 Å². The first-order chi connectivity index (χ1) is 48.0. The van der Waals surface area contributed by atoms with E-state index in [1.807, 2.05) is 77.8 Å². The van der Waals surface area contributed by atoms with Gasteiger partial charge in [-0.1, -0.05) is 105 Å². The number of hydrogen-bond donors (Lipinski definition) is 0. The average Bonchev–Trinajstić information content (AvgIpc) is 0.938. The highest BCUT2D eigenvalue weighted by Gasteiger charge is 2.31. The number of hydrazone groups is 1. The number of hydrogen-bond acceptors (Lipinski definition) is 19.